The maximum atomic E-state index is 5.64. The molecule has 1 N–H and O–H groups in total. The number of likely N-dealkylation sites (tertiary alicyclic amines) is 1. The third kappa shape index (κ3) is 4.67. The summed E-state index contributed by atoms with van der Waals surface area (Å²) in [6, 6.07) is 1.29. The highest BCUT2D eigenvalue weighted by Gasteiger charge is 2.38. The van der Waals surface area contributed by atoms with Gasteiger partial charge in [0.25, 0.3) is 0 Å². The largest absolute Gasteiger partial charge is 0.381 e. The van der Waals surface area contributed by atoms with Gasteiger partial charge in [0.15, 0.2) is 0 Å². The van der Waals surface area contributed by atoms with Gasteiger partial charge < -0.3 is 10.1 Å². The molecule has 0 bridgehead atoms. The van der Waals surface area contributed by atoms with Crippen LogP contribution in [0.2, 0.25) is 0 Å². The van der Waals surface area contributed by atoms with Gasteiger partial charge in [-0.05, 0) is 43.4 Å². The lowest BCUT2D eigenvalue weighted by molar-refractivity contribution is -0.0294. The van der Waals surface area contributed by atoms with Crippen LogP contribution in [0.25, 0.3) is 0 Å². The SMILES string of the molecule is CC1CC(C)C(C)N(CC2(CNC(C)C)CCOCC2)C1. The Morgan fingerprint density at radius 3 is 2.48 bits per heavy atom. The lowest BCUT2D eigenvalue weighted by Crippen LogP contribution is -2.54. The summed E-state index contributed by atoms with van der Waals surface area (Å²) in [6.07, 6.45) is 3.80. The van der Waals surface area contributed by atoms with Crippen molar-refractivity contribution in [1.82, 2.24) is 10.2 Å². The fraction of sp³-hybridized carbons (Fsp3) is 1.00. The summed E-state index contributed by atoms with van der Waals surface area (Å²) < 4.78 is 5.64. The van der Waals surface area contributed by atoms with Crippen LogP contribution in [-0.4, -0.2) is 49.8 Å². The van der Waals surface area contributed by atoms with E-state index >= 15 is 0 Å². The van der Waals surface area contributed by atoms with Gasteiger partial charge >= 0.3 is 0 Å². The predicted molar refractivity (Wildman–Crippen MR) is 89.6 cm³/mol. The molecule has 0 aliphatic carbocycles. The van der Waals surface area contributed by atoms with Crippen LogP contribution in [0.5, 0.6) is 0 Å². The van der Waals surface area contributed by atoms with E-state index in [1.807, 2.05) is 0 Å². The Morgan fingerprint density at radius 1 is 1.19 bits per heavy atom. The molecule has 0 saturated carbocycles. The Morgan fingerprint density at radius 2 is 1.86 bits per heavy atom. The minimum Gasteiger partial charge on any atom is -0.381 e. The van der Waals surface area contributed by atoms with Gasteiger partial charge in [-0.1, -0.05) is 27.7 Å². The Kier molecular flexibility index (Phi) is 6.10. The van der Waals surface area contributed by atoms with Crippen LogP contribution in [0.15, 0.2) is 0 Å². The van der Waals surface area contributed by atoms with Crippen molar-refractivity contribution < 1.29 is 4.74 Å². The number of hydrogen-bond acceptors (Lipinski definition) is 3. The monoisotopic (exact) mass is 296 g/mol. The first-order chi connectivity index (χ1) is 9.92. The smallest absolute Gasteiger partial charge is 0.0472 e. The first-order valence-electron chi connectivity index (χ1n) is 8.97. The first kappa shape index (κ1) is 17.2. The van der Waals surface area contributed by atoms with E-state index in [0.29, 0.717) is 11.5 Å². The molecule has 2 fully saturated rings. The van der Waals surface area contributed by atoms with Crippen molar-refractivity contribution in [2.24, 2.45) is 17.3 Å². The van der Waals surface area contributed by atoms with Crippen molar-refractivity contribution in [3.05, 3.63) is 0 Å². The summed E-state index contributed by atoms with van der Waals surface area (Å²) >= 11 is 0. The molecule has 2 aliphatic rings. The molecule has 0 aromatic heterocycles. The zero-order chi connectivity index (χ0) is 15.5. The van der Waals surface area contributed by atoms with E-state index in [1.54, 1.807) is 0 Å². The normalized spacial score (nSPS) is 34.3. The lowest BCUT2D eigenvalue weighted by Gasteiger charge is -2.48. The van der Waals surface area contributed by atoms with Crippen LogP contribution < -0.4 is 5.32 Å². The third-order valence-corrected chi connectivity index (χ3v) is 5.70. The molecule has 0 amide bonds. The number of hydrogen-bond donors (Lipinski definition) is 1. The van der Waals surface area contributed by atoms with E-state index in [0.717, 1.165) is 37.6 Å². The predicted octanol–water partition coefficient (Wildman–Crippen LogP) is 3.15. The van der Waals surface area contributed by atoms with Gasteiger partial charge in [-0.25, -0.2) is 0 Å². The molecule has 124 valence electrons. The molecule has 2 rings (SSSR count). The highest BCUT2D eigenvalue weighted by molar-refractivity contribution is 4.92. The van der Waals surface area contributed by atoms with Gasteiger partial charge in [0.1, 0.15) is 0 Å². The van der Waals surface area contributed by atoms with Gasteiger partial charge in [0.05, 0.1) is 0 Å². The minimum absolute atomic E-state index is 0.410. The molecule has 0 radical (unpaired) electrons. The summed E-state index contributed by atoms with van der Waals surface area (Å²) in [7, 11) is 0. The molecule has 2 aliphatic heterocycles. The molecule has 3 unspecified atom stereocenters. The lowest BCUT2D eigenvalue weighted by atomic mass is 9.77. The summed E-state index contributed by atoms with van der Waals surface area (Å²) in [6.45, 7) is 17.3. The topological polar surface area (TPSA) is 24.5 Å². The average molecular weight is 296 g/mol. The maximum Gasteiger partial charge on any atom is 0.0472 e. The maximum absolute atomic E-state index is 5.64. The van der Waals surface area contributed by atoms with E-state index in [9.17, 15) is 0 Å². The minimum atomic E-state index is 0.410. The van der Waals surface area contributed by atoms with Gasteiger partial charge in [-0.15, -0.1) is 0 Å². The molecule has 0 spiro atoms. The summed E-state index contributed by atoms with van der Waals surface area (Å²) in [5.41, 5.74) is 0.410. The standard InChI is InChI=1S/C18H36N2O/c1-14(2)19-12-18(6-8-21-9-7-18)13-20-11-15(3)10-16(4)17(20)5/h14-17,19H,6-13H2,1-5H3. The molecule has 2 saturated heterocycles. The van der Waals surface area contributed by atoms with Crippen molar-refractivity contribution in [3.8, 4) is 0 Å². The average Bonchev–Trinajstić information content (AvgIpc) is 2.43. The van der Waals surface area contributed by atoms with Crippen LogP contribution >= 0.6 is 0 Å². The second kappa shape index (κ2) is 7.43. The quantitative estimate of drug-likeness (QED) is 0.843. The van der Waals surface area contributed by atoms with Crippen molar-refractivity contribution >= 4 is 0 Å². The molecular weight excluding hydrogens is 260 g/mol. The van der Waals surface area contributed by atoms with Crippen LogP contribution in [0.3, 0.4) is 0 Å². The van der Waals surface area contributed by atoms with Crippen molar-refractivity contribution in [2.75, 3.05) is 32.8 Å². The van der Waals surface area contributed by atoms with Crippen LogP contribution in [-0.2, 0) is 4.74 Å². The molecule has 3 atom stereocenters. The number of ether oxygens (including phenoxy) is 1. The first-order valence-corrected chi connectivity index (χ1v) is 8.97. The Labute approximate surface area is 131 Å². The van der Waals surface area contributed by atoms with Crippen LogP contribution in [0.1, 0.15) is 53.9 Å². The highest BCUT2D eigenvalue weighted by atomic mass is 16.5. The van der Waals surface area contributed by atoms with E-state index in [4.69, 9.17) is 4.74 Å². The van der Waals surface area contributed by atoms with Gasteiger partial charge in [-0.3, -0.25) is 4.90 Å². The zero-order valence-electron chi connectivity index (χ0n) is 14.8. The number of nitrogens with zero attached hydrogens (tertiary/aromatic N) is 1. The molecular formula is C18H36N2O. The molecule has 0 aromatic rings. The molecule has 3 nitrogen and oxygen atoms in total. The van der Waals surface area contributed by atoms with Gasteiger partial charge in [0.2, 0.25) is 0 Å². The summed E-state index contributed by atoms with van der Waals surface area (Å²) in [5.74, 6) is 1.66. The van der Waals surface area contributed by atoms with E-state index in [1.165, 1.54) is 32.4 Å². The zero-order valence-corrected chi connectivity index (χ0v) is 14.8. The van der Waals surface area contributed by atoms with Gasteiger partial charge in [-0.2, -0.15) is 0 Å². The van der Waals surface area contributed by atoms with E-state index in [-0.39, 0.29) is 0 Å². The molecule has 3 heteroatoms. The molecule has 0 aromatic carbocycles. The summed E-state index contributed by atoms with van der Waals surface area (Å²) in [5, 5.41) is 3.70. The fourth-order valence-corrected chi connectivity index (χ4v) is 4.09. The second-order valence-electron chi connectivity index (χ2n) is 8.14. The number of nitrogens with one attached hydrogen (secondary N) is 1. The van der Waals surface area contributed by atoms with E-state index in [2.05, 4.69) is 44.8 Å². The fourth-order valence-electron chi connectivity index (χ4n) is 4.09. The van der Waals surface area contributed by atoms with E-state index < -0.39 is 0 Å². The van der Waals surface area contributed by atoms with Crippen LogP contribution in [0.4, 0.5) is 0 Å². The third-order valence-electron chi connectivity index (χ3n) is 5.70. The van der Waals surface area contributed by atoms with Crippen LogP contribution in [0, 0.1) is 17.3 Å². The highest BCUT2D eigenvalue weighted by Crippen LogP contribution is 2.35. The van der Waals surface area contributed by atoms with Gasteiger partial charge in [0, 0.05) is 44.9 Å². The number of rotatable bonds is 5. The van der Waals surface area contributed by atoms with Crippen molar-refractivity contribution in [1.29, 1.82) is 0 Å². The van der Waals surface area contributed by atoms with Crippen molar-refractivity contribution in [2.45, 2.75) is 66.0 Å². The van der Waals surface area contributed by atoms with Crippen molar-refractivity contribution in [3.63, 3.8) is 0 Å². The Bertz CT molecular complexity index is 312. The Hall–Kier alpha value is -0.120. The Balaban J connectivity index is 2.02. The molecule has 21 heavy (non-hydrogen) atoms. The second-order valence-corrected chi connectivity index (χ2v) is 8.14. The molecule has 2 heterocycles. The summed E-state index contributed by atoms with van der Waals surface area (Å²) in [4.78, 5) is 2.77. The number of piperidine rings is 1.